The van der Waals surface area contributed by atoms with Gasteiger partial charge in [0.25, 0.3) is 5.91 Å². The number of hydrogen-bond acceptors (Lipinski definition) is 6. The Hall–Kier alpha value is -3.40. The van der Waals surface area contributed by atoms with Crippen LogP contribution in [-0.2, 0) is 10.0 Å². The van der Waals surface area contributed by atoms with Gasteiger partial charge in [-0.05, 0) is 74.2 Å². The van der Waals surface area contributed by atoms with E-state index in [4.69, 9.17) is 0 Å². The Morgan fingerprint density at radius 3 is 2.15 bits per heavy atom. The van der Waals surface area contributed by atoms with Crippen LogP contribution in [0.4, 0.5) is 5.13 Å². The maximum absolute atomic E-state index is 13.8. The number of carbonyl (C=O) groups is 1. The first-order chi connectivity index (χ1) is 19.2. The van der Waals surface area contributed by atoms with Crippen molar-refractivity contribution < 1.29 is 13.2 Å². The van der Waals surface area contributed by atoms with Gasteiger partial charge >= 0.3 is 0 Å². The molecular weight excluding hydrogens is 541 g/mol. The second kappa shape index (κ2) is 13.3. The van der Waals surface area contributed by atoms with E-state index >= 15 is 0 Å². The summed E-state index contributed by atoms with van der Waals surface area (Å²) in [6.07, 6.45) is 5.06. The van der Waals surface area contributed by atoms with E-state index in [9.17, 15) is 13.2 Å². The summed E-state index contributed by atoms with van der Waals surface area (Å²) in [6, 6.07) is 19.9. The maximum Gasteiger partial charge on any atom is 0.280 e. The molecule has 0 aliphatic rings. The fourth-order valence-electron chi connectivity index (χ4n) is 4.14. The highest BCUT2D eigenvalue weighted by Crippen LogP contribution is 2.31. The van der Waals surface area contributed by atoms with Crippen LogP contribution in [-0.4, -0.2) is 42.9 Å². The summed E-state index contributed by atoms with van der Waals surface area (Å²) in [5.74, 6) is -0.392. The standard InChI is InChI=1S/C31H36N4O3S2/c1-5-7-19-34(20-8-6-2)40(37,38)27-16-14-26(15-17-27)30(36)35(32-22-25-12-9-23(3)10-13-25)31-33-28-18-11-24(4)21-29(28)39-31/h9-18,21-22H,5-8,19-20H2,1-4H3/b32-22+. The first kappa shape index (κ1) is 29.6. The van der Waals surface area contributed by atoms with Crippen LogP contribution in [0.2, 0.25) is 0 Å². The Morgan fingerprint density at radius 1 is 0.900 bits per heavy atom. The lowest BCUT2D eigenvalue weighted by Crippen LogP contribution is -2.33. The van der Waals surface area contributed by atoms with Gasteiger partial charge < -0.3 is 0 Å². The molecule has 1 heterocycles. The highest BCUT2D eigenvalue weighted by Gasteiger charge is 2.25. The second-order valence-corrected chi connectivity index (χ2v) is 12.8. The van der Waals surface area contributed by atoms with Gasteiger partial charge in [-0.2, -0.15) is 14.4 Å². The molecule has 0 radical (unpaired) electrons. The summed E-state index contributed by atoms with van der Waals surface area (Å²) in [4.78, 5) is 18.6. The molecule has 0 atom stereocenters. The van der Waals surface area contributed by atoms with Gasteiger partial charge in [-0.25, -0.2) is 13.4 Å². The lowest BCUT2D eigenvalue weighted by Gasteiger charge is -2.22. The normalized spacial score (nSPS) is 12.0. The predicted molar refractivity (Wildman–Crippen MR) is 165 cm³/mol. The van der Waals surface area contributed by atoms with E-state index in [-0.39, 0.29) is 4.90 Å². The Bertz CT molecular complexity index is 1570. The molecule has 3 aromatic carbocycles. The van der Waals surface area contributed by atoms with Gasteiger partial charge in [-0.3, -0.25) is 4.79 Å². The zero-order valence-corrected chi connectivity index (χ0v) is 25.1. The summed E-state index contributed by atoms with van der Waals surface area (Å²) in [5.41, 5.74) is 4.19. The zero-order valence-electron chi connectivity index (χ0n) is 23.5. The summed E-state index contributed by atoms with van der Waals surface area (Å²) >= 11 is 1.38. The van der Waals surface area contributed by atoms with Crippen molar-refractivity contribution in [3.8, 4) is 0 Å². The van der Waals surface area contributed by atoms with Crippen molar-refractivity contribution in [2.24, 2.45) is 5.10 Å². The molecule has 1 amide bonds. The Labute approximate surface area is 241 Å². The number of benzene rings is 3. The van der Waals surface area contributed by atoms with E-state index in [0.29, 0.717) is 23.8 Å². The minimum Gasteiger partial charge on any atom is -0.267 e. The highest BCUT2D eigenvalue weighted by atomic mass is 32.2. The molecule has 40 heavy (non-hydrogen) atoms. The van der Waals surface area contributed by atoms with Crippen LogP contribution in [0.1, 0.15) is 66.6 Å². The largest absolute Gasteiger partial charge is 0.280 e. The van der Waals surface area contributed by atoms with Crippen LogP contribution in [0, 0.1) is 13.8 Å². The first-order valence-corrected chi connectivity index (χ1v) is 15.9. The van der Waals surface area contributed by atoms with Crippen molar-refractivity contribution >= 4 is 48.8 Å². The van der Waals surface area contributed by atoms with Crippen LogP contribution in [0.15, 0.2) is 76.7 Å². The molecule has 9 heteroatoms. The minimum atomic E-state index is -3.66. The van der Waals surface area contributed by atoms with E-state index in [1.165, 1.54) is 28.5 Å². The number of hydrogen-bond donors (Lipinski definition) is 0. The van der Waals surface area contributed by atoms with Gasteiger partial charge in [-0.15, -0.1) is 0 Å². The third-order valence-electron chi connectivity index (χ3n) is 6.57. The number of thiazole rings is 1. The molecule has 0 bridgehead atoms. The molecular formula is C31H36N4O3S2. The van der Waals surface area contributed by atoms with Gasteiger partial charge in [0.05, 0.1) is 21.3 Å². The van der Waals surface area contributed by atoms with E-state index < -0.39 is 15.9 Å². The lowest BCUT2D eigenvalue weighted by molar-refractivity contribution is 0.0987. The zero-order chi connectivity index (χ0) is 28.7. The molecule has 0 saturated heterocycles. The average Bonchev–Trinajstić information content (AvgIpc) is 3.36. The fraction of sp³-hybridized carbons (Fsp3) is 0.323. The number of amides is 1. The molecule has 0 aliphatic carbocycles. The Balaban J connectivity index is 1.66. The van der Waals surface area contributed by atoms with Crippen LogP contribution >= 0.6 is 11.3 Å². The monoisotopic (exact) mass is 576 g/mol. The number of anilines is 1. The number of unbranched alkanes of at least 4 members (excludes halogenated alkanes) is 2. The van der Waals surface area contributed by atoms with Crippen molar-refractivity contribution in [1.29, 1.82) is 0 Å². The van der Waals surface area contributed by atoms with Gasteiger partial charge in [0.1, 0.15) is 0 Å². The van der Waals surface area contributed by atoms with Crippen molar-refractivity contribution in [2.45, 2.75) is 58.3 Å². The second-order valence-electron chi connectivity index (χ2n) is 9.88. The topological polar surface area (TPSA) is 82.9 Å². The minimum absolute atomic E-state index is 0.182. The molecule has 4 aromatic rings. The lowest BCUT2D eigenvalue weighted by atomic mass is 10.2. The molecule has 0 fully saturated rings. The van der Waals surface area contributed by atoms with Crippen molar-refractivity contribution in [2.75, 3.05) is 18.1 Å². The van der Waals surface area contributed by atoms with Gasteiger partial charge in [0.2, 0.25) is 15.2 Å². The molecule has 7 nitrogen and oxygen atoms in total. The number of sulfonamides is 1. The van der Waals surface area contributed by atoms with E-state index in [1.54, 1.807) is 22.7 Å². The van der Waals surface area contributed by atoms with Gasteiger partial charge in [0.15, 0.2) is 0 Å². The molecule has 0 aliphatic heterocycles. The Kier molecular flexibility index (Phi) is 9.84. The molecule has 0 N–H and O–H groups in total. The summed E-state index contributed by atoms with van der Waals surface area (Å²) in [7, 11) is -3.66. The number of rotatable bonds is 12. The number of carbonyl (C=O) groups excluding carboxylic acids is 1. The van der Waals surface area contributed by atoms with E-state index in [2.05, 4.69) is 10.1 Å². The number of fused-ring (bicyclic) bond motifs is 1. The van der Waals surface area contributed by atoms with Crippen LogP contribution in [0.25, 0.3) is 10.2 Å². The fourth-order valence-corrected chi connectivity index (χ4v) is 6.68. The van der Waals surface area contributed by atoms with Crippen molar-refractivity contribution in [3.05, 3.63) is 89.0 Å². The number of aryl methyl sites for hydroxylation is 2. The van der Waals surface area contributed by atoms with Crippen molar-refractivity contribution in [3.63, 3.8) is 0 Å². The van der Waals surface area contributed by atoms with Crippen LogP contribution < -0.4 is 5.01 Å². The highest BCUT2D eigenvalue weighted by molar-refractivity contribution is 7.89. The average molecular weight is 577 g/mol. The van der Waals surface area contributed by atoms with E-state index in [1.807, 2.05) is 70.2 Å². The van der Waals surface area contributed by atoms with E-state index in [0.717, 1.165) is 52.6 Å². The van der Waals surface area contributed by atoms with Gasteiger partial charge in [0, 0.05) is 18.7 Å². The van der Waals surface area contributed by atoms with Gasteiger partial charge in [-0.1, -0.05) is 73.9 Å². The third kappa shape index (κ3) is 7.02. The smallest absolute Gasteiger partial charge is 0.267 e. The predicted octanol–water partition coefficient (Wildman–Crippen LogP) is 7.18. The molecule has 0 unspecified atom stereocenters. The molecule has 0 saturated carbocycles. The third-order valence-corrected chi connectivity index (χ3v) is 9.47. The molecule has 210 valence electrons. The quantitative estimate of drug-likeness (QED) is 0.132. The van der Waals surface area contributed by atoms with Crippen molar-refractivity contribution in [1.82, 2.24) is 9.29 Å². The Morgan fingerprint density at radius 2 is 1.52 bits per heavy atom. The number of hydrazone groups is 1. The summed E-state index contributed by atoms with van der Waals surface area (Å²) < 4.78 is 29.3. The van der Waals surface area contributed by atoms with Crippen LogP contribution in [0.5, 0.6) is 0 Å². The number of nitrogens with zero attached hydrogens (tertiary/aromatic N) is 4. The van der Waals surface area contributed by atoms with Crippen LogP contribution in [0.3, 0.4) is 0 Å². The number of aromatic nitrogens is 1. The maximum atomic E-state index is 13.8. The first-order valence-electron chi connectivity index (χ1n) is 13.7. The summed E-state index contributed by atoms with van der Waals surface area (Å²) in [6.45, 7) is 9.08. The summed E-state index contributed by atoms with van der Waals surface area (Å²) in [5, 5.41) is 6.27. The SMILES string of the molecule is CCCCN(CCCC)S(=O)(=O)c1ccc(C(=O)N(/N=C/c2ccc(C)cc2)c2nc3ccc(C)cc3s2)cc1. The molecule has 0 spiro atoms. The molecule has 1 aromatic heterocycles. The molecule has 4 rings (SSSR count).